The number of nitrogens with zero attached hydrogens (tertiary/aromatic N) is 1. The number of aromatic nitrogens is 1. The number of aromatic amines is 1. The first-order chi connectivity index (χ1) is 8.22. The fraction of sp³-hybridized carbons (Fsp3) is 0.308. The van der Waals surface area contributed by atoms with Gasteiger partial charge in [0.1, 0.15) is 0 Å². The van der Waals surface area contributed by atoms with Gasteiger partial charge in [-0.3, -0.25) is 4.79 Å². The molecule has 0 fully saturated rings. The molecule has 3 nitrogen and oxygen atoms in total. The summed E-state index contributed by atoms with van der Waals surface area (Å²) in [5, 5.41) is 1.07. The minimum Gasteiger partial charge on any atom is -0.361 e. The lowest BCUT2D eigenvalue weighted by Crippen LogP contribution is -2.28. The number of amides is 1. The largest absolute Gasteiger partial charge is 0.361 e. The number of rotatable bonds is 4. The average molecular weight is 248 g/mol. The predicted octanol–water partition coefficient (Wildman–Crippen LogP) is 3.08. The van der Waals surface area contributed by atoms with Gasteiger partial charge in [0.05, 0.1) is 0 Å². The van der Waals surface area contributed by atoms with Gasteiger partial charge in [-0.05, 0) is 25.0 Å². The van der Waals surface area contributed by atoms with Gasteiger partial charge in [-0.1, -0.05) is 30.8 Å². The molecule has 0 bridgehead atoms. The molecule has 0 aliphatic carbocycles. The minimum atomic E-state index is -0.160. The number of benzene rings is 1. The van der Waals surface area contributed by atoms with E-state index in [9.17, 15) is 4.79 Å². The maximum absolute atomic E-state index is 11.2. The van der Waals surface area contributed by atoms with Crippen molar-refractivity contribution < 1.29 is 4.79 Å². The Morgan fingerprint density at radius 2 is 2.18 bits per heavy atom. The molecule has 0 unspecified atom stereocenters. The summed E-state index contributed by atoms with van der Waals surface area (Å²) in [5.74, 6) is 0. The normalized spacial score (nSPS) is 10.7. The number of nitrogens with one attached hydrogen (secondary N) is 1. The van der Waals surface area contributed by atoms with Crippen molar-refractivity contribution in [1.29, 1.82) is 0 Å². The van der Waals surface area contributed by atoms with E-state index in [2.05, 4.69) is 29.7 Å². The fourth-order valence-corrected chi connectivity index (χ4v) is 2.22. The van der Waals surface area contributed by atoms with E-state index in [1.165, 1.54) is 10.9 Å². The molecule has 1 N–H and O–H groups in total. The molecule has 0 aliphatic rings. The van der Waals surface area contributed by atoms with Gasteiger partial charge in [-0.25, -0.2) is 0 Å². The van der Waals surface area contributed by atoms with Gasteiger partial charge in [-0.15, -0.1) is 0 Å². The molecule has 1 aromatic carbocycles. The molecule has 1 heterocycles. The van der Waals surface area contributed by atoms with Crippen LogP contribution in [0.25, 0.3) is 10.9 Å². The van der Waals surface area contributed by atoms with E-state index >= 15 is 0 Å². The summed E-state index contributed by atoms with van der Waals surface area (Å²) in [6, 6.07) is 8.19. The van der Waals surface area contributed by atoms with E-state index in [1.807, 2.05) is 25.3 Å². The molecule has 2 rings (SSSR count). The van der Waals surface area contributed by atoms with Gasteiger partial charge in [0.2, 0.25) is 0 Å². The van der Waals surface area contributed by atoms with E-state index in [-0.39, 0.29) is 5.24 Å². The van der Waals surface area contributed by atoms with E-state index in [4.69, 9.17) is 0 Å². The van der Waals surface area contributed by atoms with Gasteiger partial charge in [0.15, 0.2) is 0 Å². The Hall–Kier alpha value is -1.42. The van der Waals surface area contributed by atoms with Crippen LogP contribution in [0.2, 0.25) is 0 Å². The number of fused-ring (bicyclic) bond motifs is 1. The second-order valence-corrected chi connectivity index (χ2v) is 4.35. The van der Waals surface area contributed by atoms with Crippen molar-refractivity contribution in [3.05, 3.63) is 36.0 Å². The van der Waals surface area contributed by atoms with Crippen molar-refractivity contribution in [1.82, 2.24) is 9.88 Å². The van der Waals surface area contributed by atoms with Gasteiger partial charge < -0.3 is 9.88 Å². The maximum atomic E-state index is 11.2. The van der Waals surface area contributed by atoms with Gasteiger partial charge in [-0.2, -0.15) is 0 Å². The van der Waals surface area contributed by atoms with Crippen LogP contribution in [0.3, 0.4) is 0 Å². The quantitative estimate of drug-likeness (QED) is 0.801. The average Bonchev–Trinajstić information content (AvgIpc) is 2.73. The van der Waals surface area contributed by atoms with Gasteiger partial charge in [0, 0.05) is 30.2 Å². The van der Waals surface area contributed by atoms with E-state index in [0.29, 0.717) is 13.1 Å². The van der Waals surface area contributed by atoms with Crippen LogP contribution in [-0.4, -0.2) is 28.2 Å². The number of carbonyl (C=O) groups excluding carboxylic acids is 1. The monoisotopic (exact) mass is 248 g/mol. The molecular formula is C13H16N2OS. The number of thiol groups is 1. The lowest BCUT2D eigenvalue weighted by Gasteiger charge is -2.17. The van der Waals surface area contributed by atoms with E-state index in [0.717, 1.165) is 11.9 Å². The Morgan fingerprint density at radius 3 is 2.88 bits per heavy atom. The van der Waals surface area contributed by atoms with Crippen LogP contribution in [0.15, 0.2) is 30.5 Å². The van der Waals surface area contributed by atoms with Gasteiger partial charge in [0.25, 0.3) is 5.24 Å². The Balaban J connectivity index is 2.11. The predicted molar refractivity (Wildman–Crippen MR) is 73.6 cm³/mol. The highest BCUT2D eigenvalue weighted by Crippen LogP contribution is 2.18. The van der Waals surface area contributed by atoms with Crippen molar-refractivity contribution in [2.45, 2.75) is 13.3 Å². The first-order valence-corrected chi connectivity index (χ1v) is 6.20. The molecule has 0 atom stereocenters. The Morgan fingerprint density at radius 1 is 1.41 bits per heavy atom. The topological polar surface area (TPSA) is 36.1 Å². The zero-order valence-electron chi connectivity index (χ0n) is 9.81. The summed E-state index contributed by atoms with van der Waals surface area (Å²) in [5.41, 5.74) is 2.39. The highest BCUT2D eigenvalue weighted by atomic mass is 32.1. The SMILES string of the molecule is CCN(CCc1c[nH]c2ccccc12)C(=O)S. The summed E-state index contributed by atoms with van der Waals surface area (Å²) in [6.07, 6.45) is 2.87. The van der Waals surface area contributed by atoms with Crippen LogP contribution in [0, 0.1) is 0 Å². The molecule has 4 heteroatoms. The number of H-pyrrole nitrogens is 1. The van der Waals surface area contributed by atoms with Crippen LogP contribution in [0.4, 0.5) is 4.79 Å². The lowest BCUT2D eigenvalue weighted by molar-refractivity contribution is 0.227. The molecule has 90 valence electrons. The highest BCUT2D eigenvalue weighted by Gasteiger charge is 2.08. The van der Waals surface area contributed by atoms with Crippen molar-refractivity contribution in [2.24, 2.45) is 0 Å². The first kappa shape index (κ1) is 12.0. The Bertz CT molecular complexity index is 521. The number of para-hydroxylation sites is 1. The molecule has 1 amide bonds. The number of hydrogen-bond donors (Lipinski definition) is 2. The van der Waals surface area contributed by atoms with Crippen molar-refractivity contribution in [2.75, 3.05) is 13.1 Å². The Labute approximate surface area is 106 Å². The van der Waals surface area contributed by atoms with Crippen molar-refractivity contribution >= 4 is 28.8 Å². The second-order valence-electron chi connectivity index (χ2n) is 3.97. The molecule has 0 aliphatic heterocycles. The number of hydrogen-bond acceptors (Lipinski definition) is 1. The fourth-order valence-electron chi connectivity index (χ4n) is 1.98. The molecule has 0 saturated carbocycles. The van der Waals surface area contributed by atoms with Crippen LogP contribution in [0.1, 0.15) is 12.5 Å². The molecule has 0 saturated heterocycles. The summed E-state index contributed by atoms with van der Waals surface area (Å²) < 4.78 is 0. The van der Waals surface area contributed by atoms with Crippen LogP contribution in [-0.2, 0) is 6.42 Å². The van der Waals surface area contributed by atoms with E-state index < -0.39 is 0 Å². The van der Waals surface area contributed by atoms with Crippen molar-refractivity contribution in [3.8, 4) is 0 Å². The van der Waals surface area contributed by atoms with Crippen LogP contribution in [0.5, 0.6) is 0 Å². The third-order valence-electron chi connectivity index (χ3n) is 2.98. The molecule has 0 radical (unpaired) electrons. The summed E-state index contributed by atoms with van der Waals surface area (Å²) in [4.78, 5) is 16.1. The smallest absolute Gasteiger partial charge is 0.278 e. The third kappa shape index (κ3) is 2.64. The van der Waals surface area contributed by atoms with Gasteiger partial charge >= 0.3 is 0 Å². The standard InChI is InChI=1S/C13H16N2OS/c1-2-15(13(16)17)8-7-10-9-14-12-6-4-3-5-11(10)12/h3-6,9,14H,2,7-8H2,1H3,(H,16,17). The molecule has 17 heavy (non-hydrogen) atoms. The summed E-state index contributed by atoms with van der Waals surface area (Å²) in [6.45, 7) is 3.37. The summed E-state index contributed by atoms with van der Waals surface area (Å²) >= 11 is 3.86. The second kappa shape index (κ2) is 5.27. The molecular weight excluding hydrogens is 232 g/mol. The highest BCUT2D eigenvalue weighted by molar-refractivity contribution is 7.96. The van der Waals surface area contributed by atoms with Crippen molar-refractivity contribution in [3.63, 3.8) is 0 Å². The zero-order valence-corrected chi connectivity index (χ0v) is 10.7. The molecule has 2 aromatic rings. The molecule has 0 spiro atoms. The third-order valence-corrected chi connectivity index (χ3v) is 3.26. The minimum absolute atomic E-state index is 0.160. The maximum Gasteiger partial charge on any atom is 0.278 e. The number of carbonyl (C=O) groups is 1. The first-order valence-electron chi connectivity index (χ1n) is 5.75. The zero-order chi connectivity index (χ0) is 12.3. The molecule has 1 aromatic heterocycles. The lowest BCUT2D eigenvalue weighted by atomic mass is 10.1. The van der Waals surface area contributed by atoms with E-state index in [1.54, 1.807) is 4.90 Å². The number of likely N-dealkylation sites (N-methyl/N-ethyl adjacent to an activating group) is 1. The Kier molecular flexibility index (Phi) is 3.74. The van der Waals surface area contributed by atoms with Crippen LogP contribution >= 0.6 is 12.6 Å². The summed E-state index contributed by atoms with van der Waals surface area (Å²) in [7, 11) is 0. The van der Waals surface area contributed by atoms with Crippen LogP contribution < -0.4 is 0 Å².